The van der Waals surface area contributed by atoms with Crippen molar-refractivity contribution in [1.29, 1.82) is 0 Å². The van der Waals surface area contributed by atoms with Crippen LogP contribution < -0.4 is 10.6 Å². The SMILES string of the molecule is CCNC(=O)C/C(NC)=C(/S)C(=O)O. The highest BCUT2D eigenvalue weighted by Crippen LogP contribution is 2.09. The van der Waals surface area contributed by atoms with Gasteiger partial charge in [0, 0.05) is 19.3 Å². The smallest absolute Gasteiger partial charge is 0.343 e. The summed E-state index contributed by atoms with van der Waals surface area (Å²) >= 11 is 3.78. The van der Waals surface area contributed by atoms with Gasteiger partial charge in [0.2, 0.25) is 5.91 Å². The lowest BCUT2D eigenvalue weighted by Gasteiger charge is -2.08. The summed E-state index contributed by atoms with van der Waals surface area (Å²) < 4.78 is 0. The van der Waals surface area contributed by atoms with Crippen molar-refractivity contribution >= 4 is 24.5 Å². The van der Waals surface area contributed by atoms with E-state index in [-0.39, 0.29) is 17.2 Å². The fourth-order valence-electron chi connectivity index (χ4n) is 0.840. The molecule has 0 fully saturated rings. The Hall–Kier alpha value is -1.17. The lowest BCUT2D eigenvalue weighted by Crippen LogP contribution is -2.26. The van der Waals surface area contributed by atoms with E-state index in [1.54, 1.807) is 14.0 Å². The minimum absolute atomic E-state index is 0.00449. The van der Waals surface area contributed by atoms with Crippen molar-refractivity contribution in [2.45, 2.75) is 13.3 Å². The van der Waals surface area contributed by atoms with E-state index in [4.69, 9.17) is 5.11 Å². The largest absolute Gasteiger partial charge is 0.477 e. The second kappa shape index (κ2) is 6.31. The Morgan fingerprint density at radius 3 is 2.36 bits per heavy atom. The van der Waals surface area contributed by atoms with Crippen LogP contribution in [0.3, 0.4) is 0 Å². The predicted molar refractivity (Wildman–Crippen MR) is 56.0 cm³/mol. The molecule has 14 heavy (non-hydrogen) atoms. The van der Waals surface area contributed by atoms with Gasteiger partial charge in [-0.05, 0) is 6.92 Å². The molecule has 0 aliphatic heterocycles. The van der Waals surface area contributed by atoms with Crippen molar-refractivity contribution in [2.24, 2.45) is 0 Å². The van der Waals surface area contributed by atoms with E-state index in [0.717, 1.165) is 0 Å². The van der Waals surface area contributed by atoms with E-state index in [2.05, 4.69) is 23.3 Å². The van der Waals surface area contributed by atoms with Crippen LogP contribution in [0.15, 0.2) is 10.6 Å². The molecule has 0 aromatic carbocycles. The van der Waals surface area contributed by atoms with E-state index in [1.807, 2.05) is 0 Å². The molecule has 0 saturated carbocycles. The van der Waals surface area contributed by atoms with Gasteiger partial charge in [0.1, 0.15) is 4.91 Å². The number of amides is 1. The Bertz CT molecular complexity index is 263. The molecular formula is C8H14N2O3S. The van der Waals surface area contributed by atoms with Crippen molar-refractivity contribution < 1.29 is 14.7 Å². The first-order chi connectivity index (χ1) is 6.52. The number of hydrogen-bond donors (Lipinski definition) is 4. The second-order valence-electron chi connectivity index (χ2n) is 2.51. The number of carboxylic acids is 1. The number of carbonyl (C=O) groups excluding carboxylic acids is 1. The van der Waals surface area contributed by atoms with Crippen LogP contribution >= 0.6 is 12.6 Å². The van der Waals surface area contributed by atoms with Crippen LogP contribution in [-0.4, -0.2) is 30.6 Å². The number of thiol groups is 1. The second-order valence-corrected chi connectivity index (χ2v) is 2.96. The van der Waals surface area contributed by atoms with Gasteiger partial charge in [0.05, 0.1) is 6.42 Å². The van der Waals surface area contributed by atoms with Gasteiger partial charge in [0.15, 0.2) is 0 Å². The standard InChI is InChI=1S/C8H14N2O3S/c1-3-10-6(11)4-5(9-2)7(14)8(12)13/h9,14H,3-4H2,1-2H3,(H,10,11)(H,12,13)/b7-5-. The molecule has 3 N–H and O–H groups in total. The topological polar surface area (TPSA) is 78.4 Å². The molecule has 0 atom stereocenters. The van der Waals surface area contributed by atoms with Crippen LogP contribution in [0.4, 0.5) is 0 Å². The fraction of sp³-hybridized carbons (Fsp3) is 0.500. The van der Waals surface area contributed by atoms with Crippen molar-refractivity contribution in [2.75, 3.05) is 13.6 Å². The van der Waals surface area contributed by atoms with E-state index in [1.165, 1.54) is 0 Å². The molecule has 0 aromatic rings. The van der Waals surface area contributed by atoms with Gasteiger partial charge in [-0.15, -0.1) is 12.6 Å². The lowest BCUT2D eigenvalue weighted by molar-refractivity contribution is -0.131. The van der Waals surface area contributed by atoms with Gasteiger partial charge in [0.25, 0.3) is 0 Å². The normalized spacial score (nSPS) is 11.6. The number of carboxylic acid groups (broad SMARTS) is 1. The zero-order valence-electron chi connectivity index (χ0n) is 8.13. The van der Waals surface area contributed by atoms with Gasteiger partial charge in [-0.3, -0.25) is 4.79 Å². The fourth-order valence-corrected chi connectivity index (χ4v) is 1.03. The van der Waals surface area contributed by atoms with E-state index >= 15 is 0 Å². The molecule has 6 heteroatoms. The van der Waals surface area contributed by atoms with Gasteiger partial charge in [-0.2, -0.15) is 0 Å². The number of nitrogens with one attached hydrogen (secondary N) is 2. The summed E-state index contributed by atoms with van der Waals surface area (Å²) in [5.41, 5.74) is 0.298. The first kappa shape index (κ1) is 12.8. The molecule has 5 nitrogen and oxygen atoms in total. The van der Waals surface area contributed by atoms with Crippen molar-refractivity contribution in [3.63, 3.8) is 0 Å². The third kappa shape index (κ3) is 4.18. The molecule has 0 rings (SSSR count). The Kier molecular flexibility index (Phi) is 5.78. The number of rotatable bonds is 5. The van der Waals surface area contributed by atoms with E-state index in [0.29, 0.717) is 12.2 Å². The zero-order valence-corrected chi connectivity index (χ0v) is 9.02. The van der Waals surface area contributed by atoms with Crippen LogP contribution in [0.2, 0.25) is 0 Å². The summed E-state index contributed by atoms with van der Waals surface area (Å²) in [6.45, 7) is 2.31. The molecule has 0 aliphatic rings. The highest BCUT2D eigenvalue weighted by Gasteiger charge is 2.12. The van der Waals surface area contributed by atoms with Crippen LogP contribution in [-0.2, 0) is 9.59 Å². The molecule has 0 unspecified atom stereocenters. The summed E-state index contributed by atoms with van der Waals surface area (Å²) in [4.78, 5) is 21.5. The third-order valence-corrected chi connectivity index (χ3v) is 1.96. The number of hydrogen-bond acceptors (Lipinski definition) is 4. The highest BCUT2D eigenvalue weighted by atomic mass is 32.1. The Balaban J connectivity index is 4.51. The number of aliphatic carboxylic acids is 1. The molecule has 0 aromatic heterocycles. The quantitative estimate of drug-likeness (QED) is 0.385. The van der Waals surface area contributed by atoms with Crippen LogP contribution in [0.25, 0.3) is 0 Å². The maximum Gasteiger partial charge on any atom is 0.343 e. The first-order valence-corrected chi connectivity index (χ1v) is 4.57. The molecule has 80 valence electrons. The van der Waals surface area contributed by atoms with Gasteiger partial charge in [-0.25, -0.2) is 4.79 Å². The summed E-state index contributed by atoms with van der Waals surface area (Å²) in [5.74, 6) is -1.38. The van der Waals surface area contributed by atoms with Crippen molar-refractivity contribution in [3.8, 4) is 0 Å². The summed E-state index contributed by atoms with van der Waals surface area (Å²) in [6.07, 6.45) is -0.00449. The summed E-state index contributed by atoms with van der Waals surface area (Å²) in [7, 11) is 1.55. The maximum absolute atomic E-state index is 11.1. The third-order valence-electron chi connectivity index (χ3n) is 1.50. The van der Waals surface area contributed by atoms with Crippen molar-refractivity contribution in [1.82, 2.24) is 10.6 Å². The minimum atomic E-state index is -1.15. The molecule has 1 amide bonds. The van der Waals surface area contributed by atoms with Crippen LogP contribution in [0.1, 0.15) is 13.3 Å². The molecule has 0 saturated heterocycles. The Morgan fingerprint density at radius 1 is 1.43 bits per heavy atom. The molecule has 0 radical (unpaired) electrons. The molecule has 0 aliphatic carbocycles. The Morgan fingerprint density at radius 2 is 2.00 bits per heavy atom. The minimum Gasteiger partial charge on any atom is -0.477 e. The lowest BCUT2D eigenvalue weighted by atomic mass is 10.2. The van der Waals surface area contributed by atoms with Crippen LogP contribution in [0.5, 0.6) is 0 Å². The average molecular weight is 218 g/mol. The van der Waals surface area contributed by atoms with E-state index < -0.39 is 5.97 Å². The number of carbonyl (C=O) groups is 2. The van der Waals surface area contributed by atoms with Crippen LogP contribution in [0, 0.1) is 0 Å². The molecule has 0 spiro atoms. The Labute approximate surface area is 88.0 Å². The maximum atomic E-state index is 11.1. The summed E-state index contributed by atoms with van der Waals surface area (Å²) in [5, 5.41) is 13.8. The molecule has 0 heterocycles. The summed E-state index contributed by atoms with van der Waals surface area (Å²) in [6, 6.07) is 0. The van der Waals surface area contributed by atoms with Gasteiger partial charge < -0.3 is 15.7 Å². The van der Waals surface area contributed by atoms with Gasteiger partial charge in [-0.1, -0.05) is 0 Å². The van der Waals surface area contributed by atoms with Gasteiger partial charge >= 0.3 is 5.97 Å². The van der Waals surface area contributed by atoms with E-state index in [9.17, 15) is 9.59 Å². The monoisotopic (exact) mass is 218 g/mol. The molecule has 0 bridgehead atoms. The molecular weight excluding hydrogens is 204 g/mol. The average Bonchev–Trinajstić information content (AvgIpc) is 2.13. The van der Waals surface area contributed by atoms with Crippen molar-refractivity contribution in [3.05, 3.63) is 10.6 Å². The first-order valence-electron chi connectivity index (χ1n) is 4.12. The predicted octanol–water partition coefficient (Wildman–Crippen LogP) is -0.0420. The zero-order chi connectivity index (χ0) is 11.1. The highest BCUT2D eigenvalue weighted by molar-refractivity contribution is 7.85.